The minimum atomic E-state index is -1.21. The van der Waals surface area contributed by atoms with Gasteiger partial charge in [0.15, 0.2) is 0 Å². The van der Waals surface area contributed by atoms with Crippen LogP contribution in [0.4, 0.5) is 0 Å². The second-order valence-electron chi connectivity index (χ2n) is 6.09. The summed E-state index contributed by atoms with van der Waals surface area (Å²) in [6, 6.07) is 0. The minimum absolute atomic E-state index is 0.359. The molecule has 0 aromatic heterocycles. The fourth-order valence-corrected chi connectivity index (χ4v) is 2.20. The highest BCUT2D eigenvalue weighted by Crippen LogP contribution is 2.04. The minimum Gasteiger partial charge on any atom is -0.301 e. The molecule has 0 rings (SSSR count). The van der Waals surface area contributed by atoms with Crippen LogP contribution in [0.2, 0.25) is 0 Å². The van der Waals surface area contributed by atoms with E-state index in [4.69, 9.17) is 57.8 Å². The van der Waals surface area contributed by atoms with Crippen molar-refractivity contribution in [2.75, 3.05) is 6.54 Å². The quantitative estimate of drug-likeness (QED) is 0.0369. The van der Waals surface area contributed by atoms with Crippen LogP contribution < -0.4 is 91.0 Å². The van der Waals surface area contributed by atoms with Gasteiger partial charge in [-0.05, 0) is 6.42 Å². The molecule has 0 heterocycles. The van der Waals surface area contributed by atoms with Gasteiger partial charge in [-0.2, -0.15) is 22.1 Å². The number of hydrogen-bond donors (Lipinski definition) is 16. The smallest absolute Gasteiger partial charge is 0.141 e. The van der Waals surface area contributed by atoms with Crippen molar-refractivity contribution >= 4 is 0 Å². The molecule has 0 radical (unpaired) electrons. The van der Waals surface area contributed by atoms with E-state index in [2.05, 4.69) is 40.1 Å². The predicted octanol–water partition coefficient (Wildman–Crippen LogP) is -8.92. The highest BCUT2D eigenvalue weighted by atomic mass is 16.2. The van der Waals surface area contributed by atoms with Crippen LogP contribution in [0.5, 0.6) is 0 Å². The molecule has 0 bridgehead atoms. The van der Waals surface area contributed by atoms with E-state index in [1.165, 1.54) is 10.3 Å². The van der Waals surface area contributed by atoms with Crippen LogP contribution >= 0.6 is 0 Å². The monoisotopic (exact) mass is 458 g/mol. The molecule has 0 saturated heterocycles. The van der Waals surface area contributed by atoms with Crippen molar-refractivity contribution in [2.45, 2.75) is 51.5 Å². The summed E-state index contributed by atoms with van der Waals surface area (Å²) in [7, 11) is 0. The lowest BCUT2D eigenvalue weighted by molar-refractivity contribution is -0.326. The average Bonchev–Trinajstić information content (AvgIpc) is 2.67. The van der Waals surface area contributed by atoms with Gasteiger partial charge in [0.25, 0.3) is 0 Å². The Bertz CT molecular complexity index is 410. The van der Waals surface area contributed by atoms with Gasteiger partial charge >= 0.3 is 0 Å². The van der Waals surface area contributed by atoms with Crippen LogP contribution in [-0.4, -0.2) is 56.3 Å². The van der Waals surface area contributed by atoms with Crippen LogP contribution in [0.25, 0.3) is 0 Å². The Morgan fingerprint density at radius 1 is 0.742 bits per heavy atom. The highest BCUT2D eigenvalue weighted by Gasteiger charge is 2.30. The summed E-state index contributed by atoms with van der Waals surface area (Å²) in [5.74, 6) is 21.9. The maximum atomic E-state index is 5.84. The summed E-state index contributed by atoms with van der Waals surface area (Å²) in [4.78, 5) is 0. The number of nitrogens with one attached hydrogen (secondary N) is 6. The third-order valence-electron chi connectivity index (χ3n) is 3.55. The lowest BCUT2D eigenvalue weighted by Crippen LogP contribution is -2.81. The van der Waals surface area contributed by atoms with Crippen LogP contribution in [0.15, 0.2) is 0 Å². The molecule has 0 aromatic carbocycles. The topological polar surface area (TPSA) is 352 Å². The Morgan fingerprint density at radius 3 is 1.77 bits per heavy atom. The van der Waals surface area contributed by atoms with Crippen molar-refractivity contribution in [2.24, 2.45) is 57.8 Å². The lowest BCUT2D eigenvalue weighted by atomic mass is 10.2. The fourth-order valence-electron chi connectivity index (χ4n) is 2.20. The molecule has 0 amide bonds. The molecule has 0 spiro atoms. The number of hydrazine groups is 15. The van der Waals surface area contributed by atoms with Crippen molar-refractivity contribution in [1.82, 2.24) is 64.1 Å². The van der Waals surface area contributed by atoms with Crippen LogP contribution in [0.3, 0.4) is 0 Å². The molecule has 0 aliphatic rings. The molecule has 26 N–H and O–H groups in total. The summed E-state index contributed by atoms with van der Waals surface area (Å²) in [5, 5.41) is 6.34. The maximum Gasteiger partial charge on any atom is 0.141 e. The summed E-state index contributed by atoms with van der Waals surface area (Å²) < 4.78 is 0. The van der Waals surface area contributed by atoms with E-state index in [1.54, 1.807) is 0 Å². The van der Waals surface area contributed by atoms with Gasteiger partial charge in [0.2, 0.25) is 0 Å². The van der Waals surface area contributed by atoms with E-state index in [1.807, 2.05) is 0 Å². The lowest BCUT2D eigenvalue weighted by Gasteiger charge is -2.45. The van der Waals surface area contributed by atoms with E-state index >= 15 is 0 Å². The molecule has 31 heavy (non-hydrogen) atoms. The summed E-state index contributed by atoms with van der Waals surface area (Å²) >= 11 is 0. The first-order valence-corrected chi connectivity index (χ1v) is 9.33. The average molecular weight is 459 g/mol. The Kier molecular flexibility index (Phi) is 16.2. The first-order valence-electron chi connectivity index (χ1n) is 9.33. The summed E-state index contributed by atoms with van der Waals surface area (Å²) in [5.41, 5.74) is 49.6. The van der Waals surface area contributed by atoms with Gasteiger partial charge in [-0.15, -0.1) is 26.4 Å². The first kappa shape index (κ1) is 30.1. The van der Waals surface area contributed by atoms with E-state index in [0.29, 0.717) is 11.8 Å². The number of nitrogens with zero attached hydrogens (tertiary/aromatic N) is 6. The van der Waals surface area contributed by atoms with Gasteiger partial charge < -0.3 is 34.4 Å². The van der Waals surface area contributed by atoms with Crippen molar-refractivity contribution in [3.63, 3.8) is 0 Å². The van der Waals surface area contributed by atoms with E-state index in [9.17, 15) is 0 Å². The highest BCUT2D eigenvalue weighted by molar-refractivity contribution is 4.56. The van der Waals surface area contributed by atoms with Crippen LogP contribution in [0.1, 0.15) is 32.6 Å². The van der Waals surface area contributed by atoms with Crippen LogP contribution in [0, 0.1) is 0 Å². The molecule has 0 saturated carbocycles. The third kappa shape index (κ3) is 11.5. The Labute approximate surface area is 180 Å². The zero-order valence-corrected chi connectivity index (χ0v) is 17.7. The van der Waals surface area contributed by atoms with Crippen molar-refractivity contribution in [3.05, 3.63) is 0 Å². The third-order valence-corrected chi connectivity index (χ3v) is 3.55. The van der Waals surface area contributed by atoms with Gasteiger partial charge in [-0.3, -0.25) is 11.7 Å². The number of rotatable bonds is 19. The van der Waals surface area contributed by atoms with Gasteiger partial charge in [0.1, 0.15) is 18.9 Å². The molecule has 188 valence electrons. The largest absolute Gasteiger partial charge is 0.301 e. The van der Waals surface area contributed by atoms with Crippen LogP contribution in [-0.2, 0) is 0 Å². The van der Waals surface area contributed by atoms with E-state index in [-0.39, 0.29) is 0 Å². The fraction of sp³-hybridized carbons (Fsp3) is 1.00. The van der Waals surface area contributed by atoms with E-state index in [0.717, 1.165) is 41.0 Å². The molecule has 0 aliphatic heterocycles. The first-order chi connectivity index (χ1) is 14.6. The van der Waals surface area contributed by atoms with Gasteiger partial charge in [0, 0.05) is 6.54 Å². The second-order valence-corrected chi connectivity index (χ2v) is 6.09. The van der Waals surface area contributed by atoms with Gasteiger partial charge in [-0.1, -0.05) is 41.8 Å². The predicted molar refractivity (Wildman–Crippen MR) is 112 cm³/mol. The molecule has 0 aromatic rings. The zero-order chi connectivity index (χ0) is 24.0. The molecule has 22 heteroatoms. The molecule has 0 aliphatic carbocycles. The Morgan fingerprint density at radius 2 is 1.35 bits per heavy atom. The Hall–Kier alpha value is -0.880. The maximum absolute atomic E-state index is 5.84. The van der Waals surface area contributed by atoms with Crippen molar-refractivity contribution in [3.8, 4) is 0 Å². The SMILES string of the molecule is CCCCCCN(NN(C(N)N)N(C(N)N)N(N)N)N(NNN)NN(NNN)C(N)N. The van der Waals surface area contributed by atoms with Gasteiger partial charge in [0.05, 0.1) is 0 Å². The zero-order valence-electron chi connectivity index (χ0n) is 17.7. The number of nitrogens with two attached hydrogens (primary N) is 10. The van der Waals surface area contributed by atoms with E-state index < -0.39 is 18.9 Å². The molecule has 0 unspecified atom stereocenters. The van der Waals surface area contributed by atoms with Gasteiger partial charge in [-0.25, -0.2) is 11.7 Å². The molecule has 0 fully saturated rings. The molecular weight excluding hydrogens is 416 g/mol. The summed E-state index contributed by atoms with van der Waals surface area (Å²) in [6.07, 6.45) is 0.206. The normalized spacial score (nSPS) is 13.2. The summed E-state index contributed by atoms with van der Waals surface area (Å²) in [6.45, 7) is 2.44. The van der Waals surface area contributed by atoms with Crippen molar-refractivity contribution < 1.29 is 0 Å². The van der Waals surface area contributed by atoms with Crippen molar-refractivity contribution in [1.29, 1.82) is 0 Å². The molecular formula is C9H42N22. The number of hydrogen-bond acceptors (Lipinski definition) is 22. The Balaban J connectivity index is 5.75. The molecule has 0 atom stereocenters. The second kappa shape index (κ2) is 16.7. The standard InChI is InChI=1S/C9H42N22/c1-2-3-4-5-6-26(24-28(8(12)13)29(9(14)15)30(18)19)31(23-21-17)25-27(7(10)11)22-20-16/h7-9,20-25H,2-6,10-19H2,1H3. The number of unbranched alkanes of at least 4 members (excludes halogenated alkanes) is 3. The molecule has 22 nitrogen and oxygen atoms in total.